The van der Waals surface area contributed by atoms with Gasteiger partial charge < -0.3 is 56.4 Å². The lowest BCUT2D eigenvalue weighted by Crippen LogP contribution is -2.51. The number of nitrogen functional groups attached to an aromatic ring is 2. The van der Waals surface area contributed by atoms with Gasteiger partial charge in [-0.3, -0.25) is 25.1 Å². The van der Waals surface area contributed by atoms with Crippen molar-refractivity contribution in [2.45, 2.75) is 32.5 Å². The summed E-state index contributed by atoms with van der Waals surface area (Å²) in [5.41, 5.74) is 23.8. The van der Waals surface area contributed by atoms with E-state index in [1.165, 1.54) is 11.9 Å². The molecule has 2 aliphatic heterocycles. The zero-order valence-corrected chi connectivity index (χ0v) is 35.0. The van der Waals surface area contributed by atoms with Gasteiger partial charge in [0.1, 0.15) is 23.5 Å². The summed E-state index contributed by atoms with van der Waals surface area (Å²) in [6.07, 6.45) is 5.77. The molecule has 21 nitrogen and oxygen atoms in total. The minimum absolute atomic E-state index is 0.0176. The van der Waals surface area contributed by atoms with Gasteiger partial charge in [0.05, 0.1) is 57.2 Å². The number of anilines is 4. The van der Waals surface area contributed by atoms with Gasteiger partial charge >= 0.3 is 0 Å². The molecule has 0 atom stereocenters. The number of nitrogens with one attached hydrogen (secondary N) is 4. The van der Waals surface area contributed by atoms with Crippen molar-refractivity contribution in [3.63, 3.8) is 0 Å². The molecule has 3 aromatic heterocycles. The van der Waals surface area contributed by atoms with E-state index in [-0.39, 0.29) is 61.4 Å². The normalized spacial score (nSPS) is 13.8. The van der Waals surface area contributed by atoms with Crippen LogP contribution in [0.15, 0.2) is 59.5 Å². The Morgan fingerprint density at radius 3 is 2.41 bits per heavy atom. The SMILES string of the molecule is N=C(c1ccc2oc(N)nc2c1)c1c(N)ncnc1NCc1ccc2c(c1)CCN(C(=O)CCOCCOCCNC(=O)CNCC(=O)N1CCN(c3ncc(CN)cn3)CC1)C2. The first-order valence-corrected chi connectivity index (χ1v) is 20.8. The van der Waals surface area contributed by atoms with E-state index in [4.69, 9.17) is 36.5 Å². The lowest BCUT2D eigenvalue weighted by atomic mass is 9.97. The van der Waals surface area contributed by atoms with Crippen molar-refractivity contribution in [1.29, 1.82) is 5.41 Å². The number of oxazole rings is 1. The average Bonchev–Trinajstić information content (AvgIpc) is 3.69. The topological polar surface area (TPSA) is 295 Å². The van der Waals surface area contributed by atoms with E-state index in [0.29, 0.717) is 113 Å². The highest BCUT2D eigenvalue weighted by molar-refractivity contribution is 6.17. The van der Waals surface area contributed by atoms with Crippen molar-refractivity contribution >= 4 is 58.1 Å². The third-order valence-corrected chi connectivity index (χ3v) is 10.7. The first-order chi connectivity index (χ1) is 30.6. The number of carbonyl (C=O) groups is 3. The molecule has 332 valence electrons. The van der Waals surface area contributed by atoms with Crippen molar-refractivity contribution in [3.05, 3.63) is 88.5 Å². The fraction of sp³-hybridized carbons (Fsp3) is 0.405. The Labute approximate surface area is 363 Å². The van der Waals surface area contributed by atoms with Crippen molar-refractivity contribution in [2.75, 3.05) is 100 Å². The van der Waals surface area contributed by atoms with E-state index < -0.39 is 0 Å². The summed E-state index contributed by atoms with van der Waals surface area (Å²) < 4.78 is 16.6. The summed E-state index contributed by atoms with van der Waals surface area (Å²) in [5.74, 6) is 0.951. The Balaban J connectivity index is 0.729. The highest BCUT2D eigenvalue weighted by Crippen LogP contribution is 2.26. The van der Waals surface area contributed by atoms with Gasteiger partial charge in [0.2, 0.25) is 23.7 Å². The molecule has 5 aromatic rings. The van der Waals surface area contributed by atoms with Gasteiger partial charge in [-0.25, -0.2) is 19.9 Å². The number of benzene rings is 2. The molecule has 0 radical (unpaired) electrons. The number of fused-ring (bicyclic) bond motifs is 2. The fourth-order valence-electron chi connectivity index (χ4n) is 7.27. The van der Waals surface area contributed by atoms with E-state index in [0.717, 1.165) is 23.1 Å². The van der Waals surface area contributed by atoms with Crippen LogP contribution in [0, 0.1) is 5.41 Å². The molecule has 63 heavy (non-hydrogen) atoms. The maximum atomic E-state index is 13.0. The van der Waals surface area contributed by atoms with Crippen molar-refractivity contribution in [3.8, 4) is 0 Å². The van der Waals surface area contributed by atoms with Crippen LogP contribution in [0.4, 0.5) is 23.6 Å². The first kappa shape index (κ1) is 44.3. The minimum Gasteiger partial charge on any atom is -0.424 e. The second-order valence-electron chi connectivity index (χ2n) is 15.0. The number of ether oxygens (including phenoxy) is 2. The molecular weight excluding hydrogens is 811 g/mol. The van der Waals surface area contributed by atoms with E-state index in [2.05, 4.69) is 46.9 Å². The molecule has 0 aliphatic carbocycles. The number of piperazine rings is 1. The third-order valence-electron chi connectivity index (χ3n) is 10.7. The van der Waals surface area contributed by atoms with E-state index in [9.17, 15) is 14.4 Å². The summed E-state index contributed by atoms with van der Waals surface area (Å²) in [7, 11) is 0. The lowest BCUT2D eigenvalue weighted by Gasteiger charge is -2.34. The number of amides is 3. The van der Waals surface area contributed by atoms with Gasteiger partial charge in [0, 0.05) is 82.4 Å². The maximum absolute atomic E-state index is 13.0. The fourth-order valence-corrected chi connectivity index (χ4v) is 7.27. The Kier molecular flexibility index (Phi) is 15.0. The van der Waals surface area contributed by atoms with E-state index in [1.807, 2.05) is 21.9 Å². The minimum atomic E-state index is -0.231. The van der Waals surface area contributed by atoms with Crippen LogP contribution in [0.1, 0.15) is 39.8 Å². The predicted octanol–water partition coefficient (Wildman–Crippen LogP) is 0.422. The molecule has 0 unspecified atom stereocenters. The molecule has 10 N–H and O–H groups in total. The molecule has 1 fully saturated rings. The van der Waals surface area contributed by atoms with Crippen LogP contribution in [-0.2, 0) is 49.9 Å². The number of hydrogen-bond acceptors (Lipinski definition) is 18. The third kappa shape index (κ3) is 11.8. The zero-order chi connectivity index (χ0) is 44.1. The van der Waals surface area contributed by atoms with Gasteiger partial charge in [-0.05, 0) is 41.3 Å². The van der Waals surface area contributed by atoms with Gasteiger partial charge in [-0.1, -0.05) is 18.2 Å². The van der Waals surface area contributed by atoms with Gasteiger partial charge in [0.15, 0.2) is 5.58 Å². The summed E-state index contributed by atoms with van der Waals surface area (Å²) in [6, 6.07) is 11.4. The van der Waals surface area contributed by atoms with Crippen LogP contribution in [0.25, 0.3) is 11.1 Å². The molecule has 3 amide bonds. The van der Waals surface area contributed by atoms with Crippen molar-refractivity contribution < 1.29 is 28.3 Å². The molecule has 7 rings (SSSR count). The maximum Gasteiger partial charge on any atom is 0.292 e. The number of aromatic nitrogens is 5. The molecule has 21 heteroatoms. The largest absolute Gasteiger partial charge is 0.424 e. The molecule has 1 saturated heterocycles. The monoisotopic (exact) mass is 863 g/mol. The van der Waals surface area contributed by atoms with Crippen molar-refractivity contribution in [2.24, 2.45) is 5.73 Å². The summed E-state index contributed by atoms with van der Waals surface area (Å²) in [6.45, 7) is 5.94. The quantitative estimate of drug-likeness (QED) is 0.0412. The van der Waals surface area contributed by atoms with Crippen LogP contribution in [0.5, 0.6) is 0 Å². The first-order valence-electron chi connectivity index (χ1n) is 20.8. The number of nitrogens with zero attached hydrogens (tertiary/aromatic N) is 8. The van der Waals surface area contributed by atoms with E-state index in [1.54, 1.807) is 35.5 Å². The predicted molar refractivity (Wildman–Crippen MR) is 235 cm³/mol. The Morgan fingerprint density at radius 2 is 1.62 bits per heavy atom. The van der Waals surface area contributed by atoms with Crippen LogP contribution in [0.3, 0.4) is 0 Å². The second-order valence-corrected chi connectivity index (χ2v) is 15.0. The molecule has 0 saturated carbocycles. The van der Waals surface area contributed by atoms with Crippen LogP contribution < -0.4 is 38.1 Å². The van der Waals surface area contributed by atoms with Crippen LogP contribution in [0.2, 0.25) is 0 Å². The standard InChI is InChI=1S/C42H53N15O6/c43-19-28-21-50-42(51-22-28)56-11-9-55(10-12-56)36(60)24-47-23-34(58)48-7-14-62-16-15-61-13-6-35(59)57-8-5-29-17-27(1-2-31(29)25-57)20-49-40-37(39(45)52-26-53-40)38(44)30-3-4-33-32(18-30)54-41(46)63-33/h1-4,17-18,21-22,26,44,47H,5-16,19-20,23-25,43H2,(H2,46,54)(H,48,58)(H3,45,49,52,53). The molecular formula is C42H53N15O6. The Hall–Kier alpha value is -6.81. The second kappa shape index (κ2) is 21.3. The lowest BCUT2D eigenvalue weighted by molar-refractivity contribution is -0.133. The number of nitrogens with two attached hydrogens (primary N) is 3. The highest BCUT2D eigenvalue weighted by Gasteiger charge is 2.24. The Morgan fingerprint density at radius 1 is 0.825 bits per heavy atom. The average molecular weight is 864 g/mol. The summed E-state index contributed by atoms with van der Waals surface area (Å²) in [4.78, 5) is 64.8. The van der Waals surface area contributed by atoms with Crippen molar-refractivity contribution in [1.82, 2.24) is 45.4 Å². The molecule has 0 spiro atoms. The van der Waals surface area contributed by atoms with E-state index >= 15 is 0 Å². The number of hydrogen-bond donors (Lipinski definition) is 7. The summed E-state index contributed by atoms with van der Waals surface area (Å²) >= 11 is 0. The number of carbonyl (C=O) groups excluding carboxylic acids is 3. The molecule has 5 heterocycles. The smallest absolute Gasteiger partial charge is 0.292 e. The molecule has 2 aromatic carbocycles. The molecule has 0 bridgehead atoms. The van der Waals surface area contributed by atoms with Gasteiger partial charge in [0.25, 0.3) is 6.01 Å². The molecule has 2 aliphatic rings. The number of rotatable bonds is 20. The highest BCUT2D eigenvalue weighted by atomic mass is 16.5. The zero-order valence-electron chi connectivity index (χ0n) is 35.0. The van der Waals surface area contributed by atoms with Crippen LogP contribution in [-0.4, -0.2) is 137 Å². The van der Waals surface area contributed by atoms with Gasteiger partial charge in [-0.15, -0.1) is 0 Å². The Bertz CT molecular complexity index is 2390. The van der Waals surface area contributed by atoms with Gasteiger partial charge in [-0.2, -0.15) is 4.98 Å². The van der Waals surface area contributed by atoms with Crippen LogP contribution >= 0.6 is 0 Å². The summed E-state index contributed by atoms with van der Waals surface area (Å²) in [5, 5.41) is 17.9.